The first kappa shape index (κ1) is 15.2. The summed E-state index contributed by atoms with van der Waals surface area (Å²) in [7, 11) is 0. The van der Waals surface area contributed by atoms with Crippen LogP contribution in [0.4, 0.5) is 0 Å². The minimum atomic E-state index is 0.382. The lowest BCUT2D eigenvalue weighted by Crippen LogP contribution is -2.37. The number of hydrazine groups is 1. The van der Waals surface area contributed by atoms with Gasteiger partial charge >= 0.3 is 0 Å². The molecular formula is C16H28N2. The predicted octanol–water partition coefficient (Wildman–Crippen LogP) is 3.42. The maximum absolute atomic E-state index is 5.69. The van der Waals surface area contributed by atoms with Crippen LogP contribution in [-0.2, 0) is 6.42 Å². The third-order valence-corrected chi connectivity index (χ3v) is 3.62. The van der Waals surface area contributed by atoms with Crippen molar-refractivity contribution in [2.24, 2.45) is 11.8 Å². The highest BCUT2D eigenvalue weighted by Gasteiger charge is 2.12. The molecule has 1 rings (SSSR count). The van der Waals surface area contributed by atoms with Crippen LogP contribution < -0.4 is 11.3 Å². The number of hydrogen-bond donors (Lipinski definition) is 2. The van der Waals surface area contributed by atoms with E-state index in [9.17, 15) is 0 Å². The maximum atomic E-state index is 5.69. The Morgan fingerprint density at radius 1 is 1.06 bits per heavy atom. The van der Waals surface area contributed by atoms with Crippen molar-refractivity contribution in [1.29, 1.82) is 0 Å². The van der Waals surface area contributed by atoms with Crippen molar-refractivity contribution in [3.8, 4) is 0 Å². The molecule has 0 heterocycles. The lowest BCUT2D eigenvalue weighted by atomic mass is 9.92. The van der Waals surface area contributed by atoms with Crippen LogP contribution in [0, 0.1) is 26.7 Å². The Labute approximate surface area is 112 Å². The van der Waals surface area contributed by atoms with E-state index in [1.807, 2.05) is 0 Å². The zero-order chi connectivity index (χ0) is 13.7. The molecule has 102 valence electrons. The van der Waals surface area contributed by atoms with E-state index in [1.165, 1.54) is 28.7 Å². The Morgan fingerprint density at radius 3 is 2.06 bits per heavy atom. The van der Waals surface area contributed by atoms with Gasteiger partial charge < -0.3 is 0 Å². The molecule has 0 spiro atoms. The van der Waals surface area contributed by atoms with Crippen molar-refractivity contribution in [1.82, 2.24) is 5.43 Å². The summed E-state index contributed by atoms with van der Waals surface area (Å²) in [6.45, 7) is 11.1. The SMILES string of the molecule is Cc1cc(C)c(CC(CCC(C)C)NN)c(C)c1. The molecule has 2 heteroatoms. The number of nitrogens with two attached hydrogens (primary N) is 1. The highest BCUT2D eigenvalue weighted by Crippen LogP contribution is 2.19. The zero-order valence-corrected chi connectivity index (χ0v) is 12.5. The fourth-order valence-corrected chi connectivity index (χ4v) is 2.56. The second-order valence-electron chi connectivity index (χ2n) is 5.92. The van der Waals surface area contributed by atoms with Crippen molar-refractivity contribution < 1.29 is 0 Å². The predicted molar refractivity (Wildman–Crippen MR) is 79.5 cm³/mol. The van der Waals surface area contributed by atoms with Crippen LogP contribution in [0.25, 0.3) is 0 Å². The summed E-state index contributed by atoms with van der Waals surface area (Å²) in [4.78, 5) is 0. The van der Waals surface area contributed by atoms with Crippen molar-refractivity contribution in [3.63, 3.8) is 0 Å². The standard InChI is InChI=1S/C16H28N2/c1-11(2)6-7-15(18-17)10-16-13(4)8-12(3)9-14(16)5/h8-9,11,15,18H,6-7,10,17H2,1-5H3. The van der Waals surface area contributed by atoms with Gasteiger partial charge in [-0.1, -0.05) is 31.5 Å². The molecule has 0 aliphatic carbocycles. The third kappa shape index (κ3) is 4.43. The van der Waals surface area contributed by atoms with Crippen LogP contribution in [0.3, 0.4) is 0 Å². The molecule has 0 aliphatic heterocycles. The first-order valence-corrected chi connectivity index (χ1v) is 6.97. The van der Waals surface area contributed by atoms with Crippen LogP contribution in [-0.4, -0.2) is 6.04 Å². The molecule has 0 aliphatic rings. The molecule has 18 heavy (non-hydrogen) atoms. The average molecular weight is 248 g/mol. The van der Waals surface area contributed by atoms with Gasteiger partial charge in [0, 0.05) is 6.04 Å². The van der Waals surface area contributed by atoms with Crippen molar-refractivity contribution >= 4 is 0 Å². The molecule has 1 unspecified atom stereocenters. The number of aryl methyl sites for hydroxylation is 3. The van der Waals surface area contributed by atoms with Gasteiger partial charge in [0.25, 0.3) is 0 Å². The summed E-state index contributed by atoms with van der Waals surface area (Å²) in [5, 5.41) is 0. The molecule has 0 saturated carbocycles. The van der Waals surface area contributed by atoms with E-state index in [2.05, 4.69) is 52.2 Å². The molecule has 0 saturated heterocycles. The van der Waals surface area contributed by atoms with E-state index < -0.39 is 0 Å². The van der Waals surface area contributed by atoms with E-state index in [0.717, 1.165) is 18.8 Å². The summed E-state index contributed by atoms with van der Waals surface area (Å²) in [6, 6.07) is 4.91. The molecule has 1 atom stereocenters. The Hall–Kier alpha value is -0.860. The topological polar surface area (TPSA) is 38.0 Å². The van der Waals surface area contributed by atoms with E-state index in [-0.39, 0.29) is 0 Å². The number of rotatable bonds is 6. The molecule has 0 radical (unpaired) electrons. The van der Waals surface area contributed by atoms with Gasteiger partial charge in [-0.15, -0.1) is 0 Å². The summed E-state index contributed by atoms with van der Waals surface area (Å²) in [5.74, 6) is 6.42. The van der Waals surface area contributed by atoms with Crippen LogP contribution in [0.15, 0.2) is 12.1 Å². The molecule has 0 bridgehead atoms. The van der Waals surface area contributed by atoms with E-state index in [0.29, 0.717) is 6.04 Å². The van der Waals surface area contributed by atoms with Crippen LogP contribution in [0.5, 0.6) is 0 Å². The Bertz CT molecular complexity index is 360. The molecular weight excluding hydrogens is 220 g/mol. The van der Waals surface area contributed by atoms with Gasteiger partial charge in [0.05, 0.1) is 0 Å². The van der Waals surface area contributed by atoms with Crippen LogP contribution >= 0.6 is 0 Å². The lowest BCUT2D eigenvalue weighted by molar-refractivity contribution is 0.433. The Balaban J connectivity index is 2.75. The highest BCUT2D eigenvalue weighted by molar-refractivity contribution is 5.38. The van der Waals surface area contributed by atoms with E-state index in [4.69, 9.17) is 5.84 Å². The summed E-state index contributed by atoms with van der Waals surface area (Å²) >= 11 is 0. The van der Waals surface area contributed by atoms with E-state index in [1.54, 1.807) is 0 Å². The normalized spacial score (nSPS) is 13.1. The maximum Gasteiger partial charge on any atom is 0.0251 e. The largest absolute Gasteiger partial charge is 0.271 e. The van der Waals surface area contributed by atoms with Gasteiger partial charge in [-0.05, 0) is 62.6 Å². The highest BCUT2D eigenvalue weighted by atomic mass is 15.2. The zero-order valence-electron chi connectivity index (χ0n) is 12.5. The van der Waals surface area contributed by atoms with Gasteiger partial charge in [0.15, 0.2) is 0 Å². The average Bonchev–Trinajstić information content (AvgIpc) is 2.26. The lowest BCUT2D eigenvalue weighted by Gasteiger charge is -2.20. The van der Waals surface area contributed by atoms with Gasteiger partial charge in [0.2, 0.25) is 0 Å². The molecule has 1 aromatic rings. The summed E-state index contributed by atoms with van der Waals surface area (Å²) in [6.07, 6.45) is 3.39. The first-order chi connectivity index (χ1) is 8.43. The van der Waals surface area contributed by atoms with E-state index >= 15 is 0 Å². The fourth-order valence-electron chi connectivity index (χ4n) is 2.56. The van der Waals surface area contributed by atoms with Crippen molar-refractivity contribution in [3.05, 3.63) is 34.4 Å². The quantitative estimate of drug-likeness (QED) is 0.598. The molecule has 3 N–H and O–H groups in total. The van der Waals surface area contributed by atoms with Crippen LogP contribution in [0.2, 0.25) is 0 Å². The third-order valence-electron chi connectivity index (χ3n) is 3.62. The Morgan fingerprint density at radius 2 is 1.61 bits per heavy atom. The van der Waals surface area contributed by atoms with Gasteiger partial charge in [-0.3, -0.25) is 11.3 Å². The van der Waals surface area contributed by atoms with Gasteiger partial charge in [-0.2, -0.15) is 0 Å². The minimum absolute atomic E-state index is 0.382. The minimum Gasteiger partial charge on any atom is -0.271 e. The second kappa shape index (κ2) is 6.91. The van der Waals surface area contributed by atoms with Gasteiger partial charge in [-0.25, -0.2) is 0 Å². The fraction of sp³-hybridized carbons (Fsp3) is 0.625. The van der Waals surface area contributed by atoms with Gasteiger partial charge in [0.1, 0.15) is 0 Å². The number of hydrogen-bond acceptors (Lipinski definition) is 2. The summed E-state index contributed by atoms with van der Waals surface area (Å²) in [5.41, 5.74) is 8.54. The van der Waals surface area contributed by atoms with Crippen molar-refractivity contribution in [2.45, 2.75) is 59.9 Å². The van der Waals surface area contributed by atoms with Crippen molar-refractivity contribution in [2.75, 3.05) is 0 Å². The van der Waals surface area contributed by atoms with Crippen LogP contribution in [0.1, 0.15) is 48.9 Å². The molecule has 0 aromatic heterocycles. The molecule has 2 nitrogen and oxygen atoms in total. The molecule has 0 amide bonds. The summed E-state index contributed by atoms with van der Waals surface area (Å²) < 4.78 is 0. The smallest absolute Gasteiger partial charge is 0.0251 e. The number of benzene rings is 1. The monoisotopic (exact) mass is 248 g/mol. The Kier molecular flexibility index (Phi) is 5.83. The molecule has 0 fully saturated rings. The molecule has 1 aromatic carbocycles. The second-order valence-corrected chi connectivity index (χ2v) is 5.92. The number of nitrogens with one attached hydrogen (secondary N) is 1. The first-order valence-electron chi connectivity index (χ1n) is 6.97.